The van der Waals surface area contributed by atoms with Crippen LogP contribution in [0.3, 0.4) is 0 Å². The van der Waals surface area contributed by atoms with Gasteiger partial charge in [0.2, 0.25) is 0 Å². The van der Waals surface area contributed by atoms with E-state index in [1.807, 2.05) is 0 Å². The van der Waals surface area contributed by atoms with Gasteiger partial charge in [0.15, 0.2) is 0 Å². The predicted molar refractivity (Wildman–Crippen MR) is 57.1 cm³/mol. The van der Waals surface area contributed by atoms with E-state index in [1.165, 1.54) is 21.6 Å². The molecule has 0 aliphatic rings. The third kappa shape index (κ3) is 6.02. The largest absolute Gasteiger partial charge is 0.331 e. The summed E-state index contributed by atoms with van der Waals surface area (Å²) in [5.41, 5.74) is 10.5. The van der Waals surface area contributed by atoms with Crippen LogP contribution in [0.1, 0.15) is 0 Å². The summed E-state index contributed by atoms with van der Waals surface area (Å²) in [5, 5.41) is -0.141. The highest BCUT2D eigenvalue weighted by molar-refractivity contribution is 8.78. The topological polar surface area (TPSA) is 52.0 Å². The second-order valence-electron chi connectivity index (χ2n) is 2.11. The Kier molecular flexibility index (Phi) is 5.86. The minimum absolute atomic E-state index is 0.141. The average molecular weight is 182 g/mol. The predicted octanol–water partition coefficient (Wildman–Crippen LogP) is -1.23. The minimum atomic E-state index is -0.905. The summed E-state index contributed by atoms with van der Waals surface area (Å²) in [5.74, 6) is 0. The Balaban J connectivity index is 3.52. The first kappa shape index (κ1) is 11.8. The molecule has 4 N–H and O–H groups in total. The smallest absolute Gasteiger partial charge is 0.0875 e. The molecule has 0 fully saturated rings. The molecule has 0 bridgehead atoms. The fourth-order valence-electron chi connectivity index (χ4n) is 0.225. The Morgan fingerprint density at radius 1 is 1.36 bits per heavy atom. The normalized spacial score (nSPS) is 14.7. The first-order valence-corrected chi connectivity index (χ1v) is 5.31. The van der Waals surface area contributed by atoms with Crippen molar-refractivity contribution in [3.8, 4) is 0 Å². The maximum atomic E-state index is 5.52. The van der Waals surface area contributed by atoms with E-state index in [1.54, 1.807) is 0 Å². The molecule has 0 rings (SSSR count). The molecule has 7 heteroatoms. The van der Waals surface area contributed by atoms with Crippen LogP contribution in [0.15, 0.2) is 0 Å². The van der Waals surface area contributed by atoms with E-state index in [9.17, 15) is 0 Å². The van der Waals surface area contributed by atoms with E-state index < -0.39 is 4.55 Å². The maximum Gasteiger partial charge on any atom is 0.0875 e. The highest BCUT2D eigenvalue weighted by atomic mass is 33.1. The standard InChI is InChI=1S/C4H9B3N2S2/c5-3(1-8)10-11-4(6,7)2-9/h3H,1-2,8-9H2. The summed E-state index contributed by atoms with van der Waals surface area (Å²) in [7, 11) is 19.1. The van der Waals surface area contributed by atoms with E-state index >= 15 is 0 Å². The van der Waals surface area contributed by atoms with Gasteiger partial charge in [0.25, 0.3) is 0 Å². The SMILES string of the molecule is [B]C(CN)SSC([B])([B])CN. The van der Waals surface area contributed by atoms with Crippen LogP contribution in [0.25, 0.3) is 0 Å². The first-order chi connectivity index (χ1) is 5.02. The molecule has 0 heterocycles. The van der Waals surface area contributed by atoms with E-state index in [-0.39, 0.29) is 11.7 Å². The van der Waals surface area contributed by atoms with Crippen LogP contribution in [0.5, 0.6) is 0 Å². The molecule has 0 spiro atoms. The highest BCUT2D eigenvalue weighted by Gasteiger charge is 2.16. The number of rotatable bonds is 5. The summed E-state index contributed by atoms with van der Waals surface area (Å²) in [6.07, 6.45) is 0. The third-order valence-corrected chi connectivity index (χ3v) is 3.85. The van der Waals surface area contributed by atoms with Gasteiger partial charge in [0.05, 0.1) is 23.5 Å². The zero-order chi connectivity index (χ0) is 8.91. The highest BCUT2D eigenvalue weighted by Crippen LogP contribution is 2.32. The van der Waals surface area contributed by atoms with Crippen LogP contribution in [0, 0.1) is 0 Å². The van der Waals surface area contributed by atoms with Gasteiger partial charge in [-0.3, -0.25) is 0 Å². The Morgan fingerprint density at radius 3 is 2.27 bits per heavy atom. The van der Waals surface area contributed by atoms with Crippen LogP contribution in [0.4, 0.5) is 0 Å². The van der Waals surface area contributed by atoms with Gasteiger partial charge in [-0.15, -0.1) is 21.6 Å². The lowest BCUT2D eigenvalue weighted by Crippen LogP contribution is -2.35. The number of hydrogen-bond donors (Lipinski definition) is 2. The molecule has 11 heavy (non-hydrogen) atoms. The fraction of sp³-hybridized carbons (Fsp3) is 1.00. The minimum Gasteiger partial charge on any atom is -0.331 e. The van der Waals surface area contributed by atoms with Gasteiger partial charge >= 0.3 is 0 Å². The van der Waals surface area contributed by atoms with E-state index in [0.717, 1.165) is 0 Å². The van der Waals surface area contributed by atoms with E-state index in [0.29, 0.717) is 6.54 Å². The van der Waals surface area contributed by atoms with Crippen molar-refractivity contribution >= 4 is 45.1 Å². The van der Waals surface area contributed by atoms with Gasteiger partial charge in [-0.05, 0) is 22.8 Å². The van der Waals surface area contributed by atoms with Crippen LogP contribution in [-0.4, -0.2) is 46.3 Å². The van der Waals surface area contributed by atoms with Crippen LogP contribution in [-0.2, 0) is 0 Å². The molecular formula is C4H9B3N2S2. The van der Waals surface area contributed by atoms with Crippen molar-refractivity contribution in [3.63, 3.8) is 0 Å². The monoisotopic (exact) mass is 182 g/mol. The Bertz CT molecular complexity index is 114. The van der Waals surface area contributed by atoms with Crippen LogP contribution >= 0.6 is 21.6 Å². The molecule has 1 unspecified atom stereocenters. The fourth-order valence-corrected chi connectivity index (χ4v) is 2.02. The van der Waals surface area contributed by atoms with Crippen molar-refractivity contribution < 1.29 is 0 Å². The van der Waals surface area contributed by atoms with Crippen molar-refractivity contribution in [1.82, 2.24) is 0 Å². The summed E-state index contributed by atoms with van der Waals surface area (Å²) >= 11 is 0. The Labute approximate surface area is 79.6 Å². The molecule has 0 aromatic heterocycles. The maximum absolute atomic E-state index is 5.52. The van der Waals surface area contributed by atoms with Gasteiger partial charge in [-0.2, -0.15) is 0 Å². The molecule has 6 radical (unpaired) electrons. The second kappa shape index (κ2) is 5.46. The molecule has 0 saturated carbocycles. The van der Waals surface area contributed by atoms with Crippen molar-refractivity contribution in [3.05, 3.63) is 0 Å². The zero-order valence-corrected chi connectivity index (χ0v) is 7.83. The summed E-state index contributed by atoms with van der Waals surface area (Å²) in [6, 6.07) is 0. The molecule has 56 valence electrons. The summed E-state index contributed by atoms with van der Waals surface area (Å²) < 4.78 is -0.905. The zero-order valence-electron chi connectivity index (χ0n) is 6.19. The summed E-state index contributed by atoms with van der Waals surface area (Å²) in [6.45, 7) is 0.611. The van der Waals surface area contributed by atoms with Gasteiger partial charge in [0, 0.05) is 0 Å². The van der Waals surface area contributed by atoms with Crippen LogP contribution < -0.4 is 11.5 Å². The van der Waals surface area contributed by atoms with Crippen molar-refractivity contribution in [2.24, 2.45) is 11.5 Å². The molecule has 0 amide bonds. The molecule has 0 saturated heterocycles. The molecule has 2 nitrogen and oxygen atoms in total. The van der Waals surface area contributed by atoms with Crippen molar-refractivity contribution in [2.45, 2.75) is 9.70 Å². The molecule has 0 aromatic rings. The van der Waals surface area contributed by atoms with Gasteiger partial charge < -0.3 is 11.5 Å². The van der Waals surface area contributed by atoms with Gasteiger partial charge in [-0.1, -0.05) is 0 Å². The van der Waals surface area contributed by atoms with Crippen molar-refractivity contribution in [1.29, 1.82) is 0 Å². The van der Waals surface area contributed by atoms with Gasteiger partial charge in [0.1, 0.15) is 0 Å². The van der Waals surface area contributed by atoms with Gasteiger partial charge in [-0.25, -0.2) is 0 Å². The molecule has 0 aromatic carbocycles. The second-order valence-corrected chi connectivity index (χ2v) is 4.91. The third-order valence-electron chi connectivity index (χ3n) is 0.878. The first-order valence-electron chi connectivity index (χ1n) is 3.10. The molecule has 0 aliphatic heterocycles. The Hall–Kier alpha value is 0.815. The number of hydrogen-bond acceptors (Lipinski definition) is 4. The van der Waals surface area contributed by atoms with Crippen molar-refractivity contribution in [2.75, 3.05) is 13.1 Å². The number of nitrogens with two attached hydrogens (primary N) is 2. The molecule has 1 atom stereocenters. The lowest BCUT2D eigenvalue weighted by molar-refractivity contribution is 1.04. The van der Waals surface area contributed by atoms with E-state index in [2.05, 4.69) is 0 Å². The molecular weight excluding hydrogens is 173 g/mol. The quantitative estimate of drug-likeness (QED) is 0.412. The summed E-state index contributed by atoms with van der Waals surface area (Å²) in [4.78, 5) is 0. The Morgan fingerprint density at radius 2 is 1.91 bits per heavy atom. The van der Waals surface area contributed by atoms with E-state index in [4.69, 9.17) is 35.0 Å². The lowest BCUT2D eigenvalue weighted by atomic mass is 9.70. The van der Waals surface area contributed by atoms with Crippen LogP contribution in [0.2, 0.25) is 0 Å². The molecule has 0 aliphatic carbocycles. The lowest BCUT2D eigenvalue weighted by Gasteiger charge is -2.23. The average Bonchev–Trinajstić information content (AvgIpc) is 2.00.